The molecular formula is C65H41N3. The third-order valence-corrected chi connectivity index (χ3v) is 14.1. The summed E-state index contributed by atoms with van der Waals surface area (Å²) in [6, 6.07) is 90.6. The number of rotatable bonds is 6. The monoisotopic (exact) mass is 863 g/mol. The van der Waals surface area contributed by atoms with E-state index in [0.29, 0.717) is 0 Å². The smallest absolute Gasteiger partial charge is 0.0715 e. The Morgan fingerprint density at radius 1 is 0.206 bits per heavy atom. The molecule has 0 aliphatic rings. The molecule has 3 aromatic heterocycles. The molecule has 3 heterocycles. The molecule has 0 amide bonds. The van der Waals surface area contributed by atoms with Gasteiger partial charge in [-0.25, -0.2) is 4.98 Å². The van der Waals surface area contributed by atoms with Crippen LogP contribution in [0.3, 0.4) is 0 Å². The van der Waals surface area contributed by atoms with E-state index in [2.05, 4.69) is 258 Å². The first-order chi connectivity index (χ1) is 33.7. The van der Waals surface area contributed by atoms with Gasteiger partial charge in [-0.05, 0) is 121 Å². The first-order valence-corrected chi connectivity index (χ1v) is 23.4. The molecule has 3 nitrogen and oxygen atoms in total. The quantitative estimate of drug-likeness (QED) is 0.153. The minimum absolute atomic E-state index is 0.954. The number of para-hydroxylation sites is 2. The molecular weight excluding hydrogens is 823 g/mol. The molecule has 0 saturated heterocycles. The van der Waals surface area contributed by atoms with Crippen LogP contribution in [0.4, 0.5) is 0 Å². The van der Waals surface area contributed by atoms with Gasteiger partial charge in [0, 0.05) is 44.0 Å². The van der Waals surface area contributed by atoms with Gasteiger partial charge < -0.3 is 9.13 Å². The Bertz CT molecular complexity index is 4220. The summed E-state index contributed by atoms with van der Waals surface area (Å²) < 4.78 is 4.88. The van der Waals surface area contributed by atoms with Crippen LogP contribution < -0.4 is 0 Å². The summed E-state index contributed by atoms with van der Waals surface area (Å²) in [6.45, 7) is 0. The predicted octanol–water partition coefficient (Wildman–Crippen LogP) is 17.4. The third-order valence-electron chi connectivity index (χ3n) is 14.1. The number of hydrogen-bond acceptors (Lipinski definition) is 1. The van der Waals surface area contributed by atoms with Crippen LogP contribution >= 0.6 is 0 Å². The summed E-state index contributed by atoms with van der Waals surface area (Å²) in [4.78, 5) is 5.16. The predicted molar refractivity (Wildman–Crippen MR) is 287 cm³/mol. The van der Waals surface area contributed by atoms with Crippen LogP contribution in [0.2, 0.25) is 0 Å². The number of fused-ring (bicyclic) bond motifs is 12. The molecule has 0 bridgehead atoms. The molecule has 0 spiro atoms. The van der Waals surface area contributed by atoms with Crippen molar-refractivity contribution in [3.63, 3.8) is 0 Å². The van der Waals surface area contributed by atoms with Gasteiger partial charge in [-0.3, -0.25) is 0 Å². The molecule has 68 heavy (non-hydrogen) atoms. The standard InChI is InChI=1S/C65H41N3/c1-3-16-42(17-4-1)60-38-47(39-61(66-60)43-18-5-2-6-19-43)44-20-15-21-48(36-44)67-63-29-14-12-27-56(63)59-37-45(31-35-64(59)67)46-30-33-57-55-26-11-13-28-62(55)68(65(57)40-46)49-32-34-54-52-24-8-7-22-50(52)51-23-9-10-25-53(51)58(54)41-49/h1-41H. The molecule has 14 rings (SSSR count). The van der Waals surface area contributed by atoms with Crippen LogP contribution in [0.1, 0.15) is 0 Å². The van der Waals surface area contributed by atoms with Crippen LogP contribution in [0.15, 0.2) is 249 Å². The summed E-state index contributed by atoms with van der Waals surface area (Å²) in [6.07, 6.45) is 0. The van der Waals surface area contributed by atoms with Crippen LogP contribution in [-0.4, -0.2) is 14.1 Å². The molecule has 0 fully saturated rings. The summed E-state index contributed by atoms with van der Waals surface area (Å²) >= 11 is 0. The number of benzene rings is 11. The average molecular weight is 864 g/mol. The molecule has 14 aromatic rings. The van der Waals surface area contributed by atoms with E-state index < -0.39 is 0 Å². The SMILES string of the molecule is c1ccc(-c2cc(-c3cccc(-n4c5ccccc5c5cc(-c6ccc7c8ccccc8n(-c8ccc9c%10ccccc%10c%10ccccc%10c9c8)c7c6)ccc54)c3)cc(-c3ccccc3)n2)cc1. The van der Waals surface area contributed by atoms with Crippen molar-refractivity contribution >= 4 is 75.9 Å². The minimum Gasteiger partial charge on any atom is -0.309 e. The Balaban J connectivity index is 0.912. The van der Waals surface area contributed by atoms with E-state index in [1.165, 1.54) is 87.1 Å². The van der Waals surface area contributed by atoms with Crippen LogP contribution in [0.25, 0.3) is 132 Å². The topological polar surface area (TPSA) is 22.8 Å². The van der Waals surface area contributed by atoms with Crippen molar-refractivity contribution in [2.45, 2.75) is 0 Å². The number of aromatic nitrogens is 3. The summed E-state index contributed by atoms with van der Waals surface area (Å²) in [7, 11) is 0. The highest BCUT2D eigenvalue weighted by Gasteiger charge is 2.18. The lowest BCUT2D eigenvalue weighted by atomic mass is 9.94. The van der Waals surface area contributed by atoms with Crippen molar-refractivity contribution in [1.82, 2.24) is 14.1 Å². The van der Waals surface area contributed by atoms with E-state index in [1.807, 2.05) is 0 Å². The highest BCUT2D eigenvalue weighted by atomic mass is 15.0. The largest absolute Gasteiger partial charge is 0.309 e. The first kappa shape index (κ1) is 38.2. The van der Waals surface area contributed by atoms with Crippen molar-refractivity contribution in [3.05, 3.63) is 249 Å². The van der Waals surface area contributed by atoms with Gasteiger partial charge in [-0.15, -0.1) is 0 Å². The fraction of sp³-hybridized carbons (Fsp3) is 0. The molecule has 0 saturated carbocycles. The van der Waals surface area contributed by atoms with Gasteiger partial charge in [-0.2, -0.15) is 0 Å². The molecule has 316 valence electrons. The zero-order chi connectivity index (χ0) is 44.7. The van der Waals surface area contributed by atoms with Gasteiger partial charge >= 0.3 is 0 Å². The maximum atomic E-state index is 5.16. The third kappa shape index (κ3) is 6.03. The molecule has 0 atom stereocenters. The summed E-state index contributed by atoms with van der Waals surface area (Å²) in [5.74, 6) is 0. The average Bonchev–Trinajstić information content (AvgIpc) is 3.93. The molecule has 0 aliphatic heterocycles. The Morgan fingerprint density at radius 2 is 0.632 bits per heavy atom. The van der Waals surface area contributed by atoms with E-state index in [9.17, 15) is 0 Å². The zero-order valence-corrected chi connectivity index (χ0v) is 37.0. The second-order valence-corrected chi connectivity index (χ2v) is 17.9. The van der Waals surface area contributed by atoms with Crippen LogP contribution in [0, 0.1) is 0 Å². The molecule has 3 heteroatoms. The Labute approximate surface area is 393 Å². The van der Waals surface area contributed by atoms with Crippen LogP contribution in [0.5, 0.6) is 0 Å². The second kappa shape index (κ2) is 15.3. The Morgan fingerprint density at radius 3 is 1.28 bits per heavy atom. The molecule has 0 radical (unpaired) electrons. The minimum atomic E-state index is 0.954. The molecule has 0 unspecified atom stereocenters. The molecule has 0 N–H and O–H groups in total. The van der Waals surface area contributed by atoms with Crippen molar-refractivity contribution in [2.24, 2.45) is 0 Å². The lowest BCUT2D eigenvalue weighted by Crippen LogP contribution is -1.95. The number of hydrogen-bond donors (Lipinski definition) is 0. The summed E-state index contributed by atoms with van der Waals surface area (Å²) in [5.41, 5.74) is 15.7. The van der Waals surface area contributed by atoms with Gasteiger partial charge in [0.15, 0.2) is 0 Å². The van der Waals surface area contributed by atoms with Crippen LogP contribution in [-0.2, 0) is 0 Å². The van der Waals surface area contributed by atoms with E-state index in [0.717, 1.165) is 45.0 Å². The lowest BCUT2D eigenvalue weighted by Gasteiger charge is -2.14. The fourth-order valence-electron chi connectivity index (χ4n) is 10.9. The zero-order valence-electron chi connectivity index (χ0n) is 37.0. The van der Waals surface area contributed by atoms with Gasteiger partial charge in [0.05, 0.1) is 33.5 Å². The first-order valence-electron chi connectivity index (χ1n) is 23.4. The van der Waals surface area contributed by atoms with Gasteiger partial charge in [0.1, 0.15) is 0 Å². The Kier molecular flexibility index (Phi) is 8.59. The maximum absolute atomic E-state index is 5.16. The Hall–Kier alpha value is -9.05. The summed E-state index contributed by atoms with van der Waals surface area (Å²) in [5, 5.41) is 12.6. The van der Waals surface area contributed by atoms with E-state index in [-0.39, 0.29) is 0 Å². The van der Waals surface area contributed by atoms with Gasteiger partial charge in [-0.1, -0.05) is 182 Å². The van der Waals surface area contributed by atoms with E-state index in [4.69, 9.17) is 4.98 Å². The normalized spacial score (nSPS) is 11.8. The van der Waals surface area contributed by atoms with E-state index >= 15 is 0 Å². The van der Waals surface area contributed by atoms with Crippen molar-refractivity contribution in [1.29, 1.82) is 0 Å². The second-order valence-electron chi connectivity index (χ2n) is 17.9. The molecule has 11 aromatic carbocycles. The molecule has 0 aliphatic carbocycles. The number of pyridine rings is 1. The lowest BCUT2D eigenvalue weighted by molar-refractivity contribution is 1.18. The van der Waals surface area contributed by atoms with Crippen molar-refractivity contribution in [3.8, 4) is 56.1 Å². The highest BCUT2D eigenvalue weighted by Crippen LogP contribution is 2.41. The van der Waals surface area contributed by atoms with Crippen molar-refractivity contribution in [2.75, 3.05) is 0 Å². The van der Waals surface area contributed by atoms with Crippen molar-refractivity contribution < 1.29 is 0 Å². The van der Waals surface area contributed by atoms with E-state index in [1.54, 1.807) is 0 Å². The maximum Gasteiger partial charge on any atom is 0.0715 e. The number of nitrogens with zero attached hydrogens (tertiary/aromatic N) is 3. The highest BCUT2D eigenvalue weighted by molar-refractivity contribution is 6.25. The van der Waals surface area contributed by atoms with Gasteiger partial charge in [0.25, 0.3) is 0 Å². The van der Waals surface area contributed by atoms with Gasteiger partial charge in [0.2, 0.25) is 0 Å². The fourth-order valence-corrected chi connectivity index (χ4v) is 10.9.